The van der Waals surface area contributed by atoms with E-state index >= 15 is 0 Å². The van der Waals surface area contributed by atoms with E-state index in [4.69, 9.17) is 0 Å². The largest absolute Gasteiger partial charge is 0.293 e. The molecule has 0 amide bonds. The average molecular weight is 335 g/mol. The van der Waals surface area contributed by atoms with Crippen LogP contribution in [-0.2, 0) is 6.42 Å². The molecule has 0 aliphatic carbocycles. The monoisotopic (exact) mass is 334 g/mol. The highest BCUT2D eigenvalue weighted by molar-refractivity contribution is 9.11. The van der Waals surface area contributed by atoms with E-state index in [1.54, 1.807) is 11.3 Å². The van der Waals surface area contributed by atoms with Gasteiger partial charge in [0.05, 0.1) is 15.2 Å². The maximum absolute atomic E-state index is 4.63. The second kappa shape index (κ2) is 4.76. The topological polar surface area (TPSA) is 17.3 Å². The lowest BCUT2D eigenvalue weighted by Gasteiger charge is -2.07. The zero-order valence-electron chi connectivity index (χ0n) is 11.2. The van der Waals surface area contributed by atoms with Gasteiger partial charge in [0.2, 0.25) is 0 Å². The van der Waals surface area contributed by atoms with E-state index in [0.717, 1.165) is 20.9 Å². The molecule has 2 heterocycles. The number of halogens is 1. The Morgan fingerprint density at radius 2 is 2.05 bits per heavy atom. The first-order valence-electron chi connectivity index (χ1n) is 6.23. The molecule has 0 fully saturated rings. The van der Waals surface area contributed by atoms with Crippen molar-refractivity contribution in [1.29, 1.82) is 0 Å². The Morgan fingerprint density at radius 1 is 1.26 bits per heavy atom. The third kappa shape index (κ3) is 2.35. The van der Waals surface area contributed by atoms with E-state index in [1.807, 2.05) is 0 Å². The van der Waals surface area contributed by atoms with Gasteiger partial charge in [-0.05, 0) is 47.8 Å². The molecule has 2 nitrogen and oxygen atoms in total. The molecule has 4 heteroatoms. The first-order valence-corrected chi connectivity index (χ1v) is 7.84. The lowest BCUT2D eigenvalue weighted by Crippen LogP contribution is -1.97. The molecule has 19 heavy (non-hydrogen) atoms. The minimum absolute atomic E-state index is 0.934. The number of aromatic nitrogens is 2. The van der Waals surface area contributed by atoms with Gasteiger partial charge in [-0.25, -0.2) is 4.98 Å². The number of hydrogen-bond acceptors (Lipinski definition) is 2. The summed E-state index contributed by atoms with van der Waals surface area (Å²) < 4.78 is 3.32. The van der Waals surface area contributed by atoms with Crippen molar-refractivity contribution in [2.24, 2.45) is 0 Å². The molecule has 0 aliphatic rings. The van der Waals surface area contributed by atoms with Gasteiger partial charge in [-0.1, -0.05) is 35.1 Å². The van der Waals surface area contributed by atoms with Crippen molar-refractivity contribution < 1.29 is 0 Å². The quantitative estimate of drug-likeness (QED) is 0.665. The summed E-state index contributed by atoms with van der Waals surface area (Å²) in [5, 5.41) is 0. The van der Waals surface area contributed by atoms with Crippen LogP contribution in [0, 0.1) is 20.8 Å². The zero-order valence-corrected chi connectivity index (χ0v) is 13.6. The van der Waals surface area contributed by atoms with Crippen LogP contribution < -0.4 is 0 Å². The summed E-state index contributed by atoms with van der Waals surface area (Å²) in [7, 11) is 0. The normalized spacial score (nSPS) is 11.4. The summed E-state index contributed by atoms with van der Waals surface area (Å²) in [5.41, 5.74) is 6.44. The summed E-state index contributed by atoms with van der Waals surface area (Å²) in [6.07, 6.45) is 3.05. The second-order valence-electron chi connectivity index (χ2n) is 4.94. The molecule has 0 spiro atoms. The summed E-state index contributed by atoms with van der Waals surface area (Å²) in [4.78, 5) is 5.69. The molecule has 0 aliphatic heterocycles. The van der Waals surface area contributed by atoms with Gasteiger partial charge in [0.15, 0.2) is 4.96 Å². The van der Waals surface area contributed by atoms with E-state index in [-0.39, 0.29) is 0 Å². The lowest BCUT2D eigenvalue weighted by molar-refractivity contribution is 1.00. The molecule has 0 radical (unpaired) electrons. The van der Waals surface area contributed by atoms with Crippen molar-refractivity contribution in [3.8, 4) is 0 Å². The van der Waals surface area contributed by atoms with Crippen LogP contribution in [0.5, 0.6) is 0 Å². The van der Waals surface area contributed by atoms with Gasteiger partial charge in [0.1, 0.15) is 0 Å². The van der Waals surface area contributed by atoms with Crippen LogP contribution in [0.15, 0.2) is 28.2 Å². The molecule has 3 rings (SSSR count). The van der Waals surface area contributed by atoms with Crippen LogP contribution in [0.3, 0.4) is 0 Å². The van der Waals surface area contributed by atoms with Crippen LogP contribution in [0.25, 0.3) is 4.96 Å². The third-order valence-electron chi connectivity index (χ3n) is 3.46. The predicted molar refractivity (Wildman–Crippen MR) is 84.2 cm³/mol. The number of fused-ring (bicyclic) bond motifs is 1. The Hall–Kier alpha value is -1.13. The Kier molecular flexibility index (Phi) is 3.23. The molecule has 2 aromatic heterocycles. The van der Waals surface area contributed by atoms with Gasteiger partial charge in [0.25, 0.3) is 0 Å². The maximum Gasteiger partial charge on any atom is 0.195 e. The van der Waals surface area contributed by atoms with Crippen molar-refractivity contribution in [3.63, 3.8) is 0 Å². The van der Waals surface area contributed by atoms with Gasteiger partial charge in [0, 0.05) is 12.6 Å². The van der Waals surface area contributed by atoms with Crippen molar-refractivity contribution in [1.82, 2.24) is 9.38 Å². The first-order chi connectivity index (χ1) is 9.04. The van der Waals surface area contributed by atoms with E-state index in [1.165, 1.54) is 22.4 Å². The molecule has 0 saturated heterocycles. The lowest BCUT2D eigenvalue weighted by atomic mass is 10.0. The van der Waals surface area contributed by atoms with Crippen molar-refractivity contribution in [3.05, 3.63) is 56.3 Å². The van der Waals surface area contributed by atoms with Crippen LogP contribution >= 0.6 is 27.3 Å². The number of nitrogens with zero attached hydrogens (tertiary/aromatic N) is 2. The Labute approximate surface area is 125 Å². The second-order valence-corrected chi connectivity index (χ2v) is 7.33. The highest BCUT2D eigenvalue weighted by Crippen LogP contribution is 2.27. The van der Waals surface area contributed by atoms with Crippen molar-refractivity contribution >= 4 is 32.2 Å². The average Bonchev–Trinajstić information content (AvgIpc) is 2.82. The number of aryl methyl sites for hydroxylation is 3. The molecule has 0 N–H and O–H groups in total. The molecule has 0 saturated carbocycles. The molecule has 98 valence electrons. The molecule has 0 unspecified atom stereocenters. The van der Waals surface area contributed by atoms with Gasteiger partial charge in [-0.2, -0.15) is 0 Å². The Morgan fingerprint density at radius 3 is 2.84 bits per heavy atom. The first kappa shape index (κ1) is 12.9. The standard InChI is InChI=1S/C15H15BrN2S/c1-9-4-5-10(2)12(6-9)7-13-11(3)17-15-18(13)8-14(16)19-15/h4-6,8H,7H2,1-3H3. The van der Waals surface area contributed by atoms with Crippen LogP contribution in [-0.4, -0.2) is 9.38 Å². The SMILES string of the molecule is Cc1ccc(C)c(Cc2c(C)nc3sc(Br)cn23)c1. The number of rotatable bonds is 2. The molecule has 1 aromatic carbocycles. The fourth-order valence-corrected chi connectivity index (χ4v) is 3.77. The van der Waals surface area contributed by atoms with Crippen LogP contribution in [0.1, 0.15) is 28.1 Å². The predicted octanol–water partition coefficient (Wildman–Crippen LogP) is 4.67. The minimum Gasteiger partial charge on any atom is -0.293 e. The smallest absolute Gasteiger partial charge is 0.195 e. The van der Waals surface area contributed by atoms with E-state index in [2.05, 4.69) is 70.5 Å². The van der Waals surface area contributed by atoms with E-state index < -0.39 is 0 Å². The number of imidazole rings is 1. The molecular weight excluding hydrogens is 320 g/mol. The molecule has 3 aromatic rings. The Bertz CT molecular complexity index is 755. The van der Waals surface area contributed by atoms with E-state index in [9.17, 15) is 0 Å². The molecule has 0 atom stereocenters. The van der Waals surface area contributed by atoms with Gasteiger partial charge < -0.3 is 0 Å². The Balaban J connectivity index is 2.09. The van der Waals surface area contributed by atoms with Gasteiger partial charge >= 0.3 is 0 Å². The fourth-order valence-electron chi connectivity index (χ4n) is 2.36. The summed E-state index contributed by atoms with van der Waals surface area (Å²) in [6, 6.07) is 6.64. The van der Waals surface area contributed by atoms with Crippen molar-refractivity contribution in [2.75, 3.05) is 0 Å². The summed E-state index contributed by atoms with van der Waals surface area (Å²) in [6.45, 7) is 6.41. The highest BCUT2D eigenvalue weighted by Gasteiger charge is 2.13. The van der Waals surface area contributed by atoms with Crippen LogP contribution in [0.2, 0.25) is 0 Å². The zero-order chi connectivity index (χ0) is 13.6. The van der Waals surface area contributed by atoms with Gasteiger partial charge in [-0.3, -0.25) is 4.40 Å². The summed E-state index contributed by atoms with van der Waals surface area (Å²) in [5.74, 6) is 0. The molecular formula is C15H15BrN2S. The molecule has 0 bridgehead atoms. The van der Waals surface area contributed by atoms with Crippen LogP contribution in [0.4, 0.5) is 0 Å². The third-order valence-corrected chi connectivity index (χ3v) is 4.92. The highest BCUT2D eigenvalue weighted by atomic mass is 79.9. The fraction of sp³-hybridized carbons (Fsp3) is 0.267. The summed E-state index contributed by atoms with van der Waals surface area (Å²) >= 11 is 5.21. The number of hydrogen-bond donors (Lipinski definition) is 0. The van der Waals surface area contributed by atoms with Crippen molar-refractivity contribution in [2.45, 2.75) is 27.2 Å². The minimum atomic E-state index is 0.934. The number of benzene rings is 1. The van der Waals surface area contributed by atoms with Gasteiger partial charge in [-0.15, -0.1) is 0 Å². The maximum atomic E-state index is 4.63. The van der Waals surface area contributed by atoms with E-state index in [0.29, 0.717) is 0 Å². The number of thiazole rings is 1.